The van der Waals surface area contributed by atoms with Gasteiger partial charge in [-0.3, -0.25) is 4.68 Å². The molecular formula is C14H26N4O2S. The van der Waals surface area contributed by atoms with Crippen molar-refractivity contribution >= 4 is 10.0 Å². The van der Waals surface area contributed by atoms with Gasteiger partial charge in [-0.1, -0.05) is 13.3 Å². The fourth-order valence-corrected chi connectivity index (χ4v) is 4.43. The molecule has 0 amide bonds. The van der Waals surface area contributed by atoms with Crippen LogP contribution in [0.3, 0.4) is 0 Å². The maximum Gasteiger partial charge on any atom is 0.244 e. The van der Waals surface area contributed by atoms with Gasteiger partial charge in [0.1, 0.15) is 4.90 Å². The fourth-order valence-electron chi connectivity index (χ4n) is 2.83. The standard InChI is InChI=1S/C14H26N4O2S/c1-11-13(12(2)18(17-11)9-5-8-15)21(19,20)16-10-14(3)6-4-7-14/h16H,4-10,15H2,1-3H3. The molecule has 0 atom stereocenters. The van der Waals surface area contributed by atoms with Crippen LogP contribution >= 0.6 is 0 Å². The van der Waals surface area contributed by atoms with Crippen LogP contribution in [-0.2, 0) is 16.6 Å². The number of rotatable bonds is 7. The second-order valence-corrected chi connectivity index (χ2v) is 8.06. The molecule has 1 aromatic rings. The number of sulfonamides is 1. The Labute approximate surface area is 127 Å². The Hall–Kier alpha value is -0.920. The maximum absolute atomic E-state index is 12.6. The highest BCUT2D eigenvalue weighted by atomic mass is 32.2. The van der Waals surface area contributed by atoms with Crippen molar-refractivity contribution in [3.8, 4) is 0 Å². The number of nitrogens with two attached hydrogens (primary N) is 1. The van der Waals surface area contributed by atoms with E-state index in [1.165, 1.54) is 6.42 Å². The molecule has 1 aliphatic rings. The largest absolute Gasteiger partial charge is 0.330 e. The Bertz CT molecular complexity index is 603. The Morgan fingerprint density at radius 2 is 2.05 bits per heavy atom. The molecule has 1 aromatic heterocycles. The first-order chi connectivity index (χ1) is 9.79. The highest BCUT2D eigenvalue weighted by Gasteiger charge is 2.34. The molecule has 1 saturated carbocycles. The maximum atomic E-state index is 12.6. The van der Waals surface area contributed by atoms with Crippen molar-refractivity contribution in [1.82, 2.24) is 14.5 Å². The van der Waals surface area contributed by atoms with E-state index >= 15 is 0 Å². The quantitative estimate of drug-likeness (QED) is 0.794. The van der Waals surface area contributed by atoms with E-state index in [4.69, 9.17) is 5.73 Å². The fraction of sp³-hybridized carbons (Fsp3) is 0.786. The molecule has 120 valence electrons. The smallest absolute Gasteiger partial charge is 0.244 e. The minimum absolute atomic E-state index is 0.115. The molecule has 1 fully saturated rings. The van der Waals surface area contributed by atoms with Gasteiger partial charge in [-0.05, 0) is 45.1 Å². The predicted octanol–water partition coefficient (Wildman–Crippen LogP) is 1.32. The summed E-state index contributed by atoms with van der Waals surface area (Å²) in [5, 5.41) is 4.33. The van der Waals surface area contributed by atoms with Crippen molar-refractivity contribution in [2.75, 3.05) is 13.1 Å². The highest BCUT2D eigenvalue weighted by molar-refractivity contribution is 7.89. The van der Waals surface area contributed by atoms with Gasteiger partial charge in [-0.25, -0.2) is 13.1 Å². The number of hydrogen-bond donors (Lipinski definition) is 2. The van der Waals surface area contributed by atoms with Crippen LogP contribution in [-0.4, -0.2) is 31.3 Å². The first kappa shape index (κ1) is 16.5. The summed E-state index contributed by atoms with van der Waals surface area (Å²) in [7, 11) is -3.50. The normalized spacial score (nSPS) is 17.7. The van der Waals surface area contributed by atoms with Crippen molar-refractivity contribution in [3.05, 3.63) is 11.4 Å². The van der Waals surface area contributed by atoms with Crippen LogP contribution < -0.4 is 10.5 Å². The molecule has 1 heterocycles. The van der Waals surface area contributed by atoms with E-state index < -0.39 is 10.0 Å². The molecule has 2 rings (SSSR count). The molecule has 7 heteroatoms. The van der Waals surface area contributed by atoms with Crippen molar-refractivity contribution in [2.45, 2.75) is 57.9 Å². The Morgan fingerprint density at radius 1 is 1.38 bits per heavy atom. The second-order valence-electron chi connectivity index (χ2n) is 6.35. The van der Waals surface area contributed by atoms with Crippen molar-refractivity contribution in [3.63, 3.8) is 0 Å². The van der Waals surface area contributed by atoms with Crippen LogP contribution in [0, 0.1) is 19.3 Å². The van der Waals surface area contributed by atoms with Crippen molar-refractivity contribution in [2.24, 2.45) is 11.1 Å². The van der Waals surface area contributed by atoms with E-state index in [9.17, 15) is 8.42 Å². The summed E-state index contributed by atoms with van der Waals surface area (Å²) in [5.41, 5.74) is 6.86. The topological polar surface area (TPSA) is 90.0 Å². The first-order valence-electron chi connectivity index (χ1n) is 7.53. The van der Waals surface area contributed by atoms with Gasteiger partial charge in [0, 0.05) is 13.1 Å². The Morgan fingerprint density at radius 3 is 2.57 bits per heavy atom. The number of aryl methyl sites for hydroxylation is 2. The van der Waals surface area contributed by atoms with Gasteiger partial charge in [0.2, 0.25) is 10.0 Å². The van der Waals surface area contributed by atoms with Crippen LogP contribution in [0.25, 0.3) is 0 Å². The van der Waals surface area contributed by atoms with E-state index in [0.29, 0.717) is 35.9 Å². The average Bonchev–Trinajstić information content (AvgIpc) is 2.67. The lowest BCUT2D eigenvalue weighted by Gasteiger charge is -2.38. The van der Waals surface area contributed by atoms with E-state index in [2.05, 4.69) is 16.7 Å². The zero-order valence-electron chi connectivity index (χ0n) is 13.1. The highest BCUT2D eigenvalue weighted by Crippen LogP contribution is 2.39. The molecular weight excluding hydrogens is 288 g/mol. The van der Waals surface area contributed by atoms with E-state index in [1.807, 2.05) is 0 Å². The SMILES string of the molecule is Cc1nn(CCCN)c(C)c1S(=O)(=O)NCC1(C)CCC1. The van der Waals surface area contributed by atoms with E-state index in [0.717, 1.165) is 19.3 Å². The molecule has 0 bridgehead atoms. The van der Waals surface area contributed by atoms with Crippen molar-refractivity contribution < 1.29 is 8.42 Å². The summed E-state index contributed by atoms with van der Waals surface area (Å²) < 4.78 is 29.6. The second kappa shape index (κ2) is 6.06. The Balaban J connectivity index is 2.17. The number of aromatic nitrogens is 2. The molecule has 21 heavy (non-hydrogen) atoms. The molecule has 0 spiro atoms. The summed E-state index contributed by atoms with van der Waals surface area (Å²) in [6.45, 7) is 7.39. The molecule has 0 unspecified atom stereocenters. The molecule has 0 aliphatic heterocycles. The third-order valence-electron chi connectivity index (χ3n) is 4.41. The lowest BCUT2D eigenvalue weighted by Crippen LogP contribution is -2.40. The van der Waals surface area contributed by atoms with Gasteiger partial charge < -0.3 is 5.73 Å². The molecule has 6 nitrogen and oxygen atoms in total. The third-order valence-corrected chi connectivity index (χ3v) is 6.06. The van der Waals surface area contributed by atoms with Crippen LogP contribution in [0.4, 0.5) is 0 Å². The van der Waals surface area contributed by atoms with Crippen LogP contribution in [0.5, 0.6) is 0 Å². The average molecular weight is 314 g/mol. The van der Waals surface area contributed by atoms with Crippen LogP contribution in [0.15, 0.2) is 4.90 Å². The lowest BCUT2D eigenvalue weighted by molar-refractivity contribution is 0.166. The Kier molecular flexibility index (Phi) is 4.75. The summed E-state index contributed by atoms with van der Waals surface area (Å²) in [6, 6.07) is 0. The summed E-state index contributed by atoms with van der Waals surface area (Å²) >= 11 is 0. The monoisotopic (exact) mass is 314 g/mol. The summed E-state index contributed by atoms with van der Waals surface area (Å²) in [6.07, 6.45) is 4.15. The minimum Gasteiger partial charge on any atom is -0.330 e. The first-order valence-corrected chi connectivity index (χ1v) is 9.01. The lowest BCUT2D eigenvalue weighted by atomic mass is 9.71. The van der Waals surface area contributed by atoms with E-state index in [1.54, 1.807) is 18.5 Å². The molecule has 0 saturated heterocycles. The third kappa shape index (κ3) is 3.46. The van der Waals surface area contributed by atoms with Gasteiger partial charge in [0.25, 0.3) is 0 Å². The van der Waals surface area contributed by atoms with Crippen LogP contribution in [0.2, 0.25) is 0 Å². The molecule has 3 N–H and O–H groups in total. The van der Waals surface area contributed by atoms with Gasteiger partial charge in [-0.15, -0.1) is 0 Å². The predicted molar refractivity (Wildman–Crippen MR) is 82.5 cm³/mol. The van der Waals surface area contributed by atoms with Gasteiger partial charge in [-0.2, -0.15) is 5.10 Å². The zero-order valence-corrected chi connectivity index (χ0v) is 14.0. The minimum atomic E-state index is -3.50. The van der Waals surface area contributed by atoms with E-state index in [-0.39, 0.29) is 5.41 Å². The summed E-state index contributed by atoms with van der Waals surface area (Å²) in [4.78, 5) is 0.322. The molecule has 0 aromatic carbocycles. The van der Waals surface area contributed by atoms with Gasteiger partial charge >= 0.3 is 0 Å². The van der Waals surface area contributed by atoms with Crippen LogP contribution in [0.1, 0.15) is 44.0 Å². The van der Waals surface area contributed by atoms with Gasteiger partial charge in [0.15, 0.2) is 0 Å². The molecule has 1 aliphatic carbocycles. The number of nitrogens with zero attached hydrogens (tertiary/aromatic N) is 2. The summed E-state index contributed by atoms with van der Waals surface area (Å²) in [5.74, 6) is 0. The molecule has 0 radical (unpaired) electrons. The van der Waals surface area contributed by atoms with Gasteiger partial charge in [0.05, 0.1) is 11.4 Å². The number of nitrogens with one attached hydrogen (secondary N) is 1. The van der Waals surface area contributed by atoms with Crippen molar-refractivity contribution in [1.29, 1.82) is 0 Å². The number of hydrogen-bond acceptors (Lipinski definition) is 4. The zero-order chi connectivity index (χ0) is 15.7.